The van der Waals surface area contributed by atoms with Crippen LogP contribution in [0.25, 0.3) is 0 Å². The lowest BCUT2D eigenvalue weighted by Gasteiger charge is -2.58. The molecule has 5 rings (SSSR count). The van der Waals surface area contributed by atoms with Crippen LogP contribution >= 0.6 is 0 Å². The highest BCUT2D eigenvalue weighted by Crippen LogP contribution is 2.63. The predicted octanol–water partition coefficient (Wildman–Crippen LogP) is 2.67. The Morgan fingerprint density at radius 2 is 1.78 bits per heavy atom. The first-order chi connectivity index (χ1) is 8.64. The van der Waals surface area contributed by atoms with Crippen molar-refractivity contribution in [1.82, 2.24) is 9.78 Å². The van der Waals surface area contributed by atoms with E-state index in [-0.39, 0.29) is 11.5 Å². The van der Waals surface area contributed by atoms with Crippen molar-refractivity contribution in [2.24, 2.45) is 30.2 Å². The number of rotatable bonds is 2. The van der Waals surface area contributed by atoms with Gasteiger partial charge in [0.1, 0.15) is 6.10 Å². The lowest BCUT2D eigenvalue weighted by molar-refractivity contribution is -0.123. The van der Waals surface area contributed by atoms with Gasteiger partial charge >= 0.3 is 0 Å². The topological polar surface area (TPSA) is 38.0 Å². The normalized spacial score (nSPS) is 43.3. The molecule has 3 nitrogen and oxygen atoms in total. The fourth-order valence-electron chi connectivity index (χ4n) is 5.41. The Morgan fingerprint density at radius 3 is 2.22 bits per heavy atom. The molecule has 1 unspecified atom stereocenters. The minimum atomic E-state index is -0.341. The zero-order valence-corrected chi connectivity index (χ0v) is 11.0. The molecule has 0 amide bonds. The van der Waals surface area contributed by atoms with Gasteiger partial charge in [-0.3, -0.25) is 4.68 Å². The van der Waals surface area contributed by atoms with Gasteiger partial charge < -0.3 is 5.11 Å². The highest BCUT2D eigenvalue weighted by Gasteiger charge is 2.54. The van der Waals surface area contributed by atoms with Crippen LogP contribution in [0.5, 0.6) is 0 Å². The molecule has 1 heterocycles. The van der Waals surface area contributed by atoms with Crippen molar-refractivity contribution >= 4 is 0 Å². The smallest absolute Gasteiger partial charge is 0.103 e. The molecule has 0 spiro atoms. The molecule has 1 atom stereocenters. The first kappa shape index (κ1) is 11.0. The fraction of sp³-hybridized carbons (Fsp3) is 0.800. The number of hydrogen-bond donors (Lipinski definition) is 1. The van der Waals surface area contributed by atoms with E-state index in [1.807, 2.05) is 19.3 Å². The molecule has 98 valence electrons. The molecule has 0 radical (unpaired) electrons. The van der Waals surface area contributed by atoms with Gasteiger partial charge in [-0.2, -0.15) is 5.10 Å². The number of nitrogens with zero attached hydrogens (tertiary/aromatic N) is 2. The van der Waals surface area contributed by atoms with Crippen LogP contribution in [0.1, 0.15) is 50.3 Å². The average Bonchev–Trinajstić information content (AvgIpc) is 2.73. The van der Waals surface area contributed by atoms with Gasteiger partial charge in [0.25, 0.3) is 0 Å². The number of aliphatic hydroxyl groups excluding tert-OH is 1. The summed E-state index contributed by atoms with van der Waals surface area (Å²) in [7, 11) is 1.93. The largest absolute Gasteiger partial charge is 0.386 e. The van der Waals surface area contributed by atoms with Crippen molar-refractivity contribution in [1.29, 1.82) is 0 Å². The summed E-state index contributed by atoms with van der Waals surface area (Å²) in [5, 5.41) is 15.3. The minimum absolute atomic E-state index is 0.156. The molecule has 3 heteroatoms. The second-order valence-electron chi connectivity index (χ2n) is 7.10. The van der Waals surface area contributed by atoms with Gasteiger partial charge in [0.2, 0.25) is 0 Å². The molecule has 0 aromatic carbocycles. The monoisotopic (exact) mass is 246 g/mol. The lowest BCUT2D eigenvalue weighted by atomic mass is 9.48. The van der Waals surface area contributed by atoms with E-state index in [0.29, 0.717) is 0 Å². The van der Waals surface area contributed by atoms with Crippen molar-refractivity contribution in [3.8, 4) is 0 Å². The summed E-state index contributed by atoms with van der Waals surface area (Å²) in [5.41, 5.74) is 1.04. The first-order valence-electron chi connectivity index (χ1n) is 7.32. The molecule has 0 saturated heterocycles. The number of aryl methyl sites for hydroxylation is 1. The van der Waals surface area contributed by atoms with Crippen LogP contribution in [-0.2, 0) is 7.05 Å². The Kier molecular flexibility index (Phi) is 2.20. The lowest BCUT2D eigenvalue weighted by Crippen LogP contribution is -2.48. The summed E-state index contributed by atoms with van der Waals surface area (Å²) in [6, 6.07) is 1.99. The summed E-state index contributed by atoms with van der Waals surface area (Å²) in [5.74, 6) is 2.65. The Balaban J connectivity index is 1.67. The zero-order chi connectivity index (χ0) is 12.3. The molecule has 4 saturated carbocycles. The van der Waals surface area contributed by atoms with Crippen LogP contribution in [0.3, 0.4) is 0 Å². The highest BCUT2D eigenvalue weighted by molar-refractivity contribution is 5.13. The molecule has 4 aliphatic rings. The maximum absolute atomic E-state index is 10.8. The zero-order valence-electron chi connectivity index (χ0n) is 11.0. The van der Waals surface area contributed by atoms with Crippen LogP contribution in [0.2, 0.25) is 0 Å². The Hall–Kier alpha value is -0.830. The predicted molar refractivity (Wildman–Crippen MR) is 68.8 cm³/mol. The second-order valence-corrected chi connectivity index (χ2v) is 7.10. The number of aromatic nitrogens is 2. The van der Waals surface area contributed by atoms with Crippen molar-refractivity contribution in [2.75, 3.05) is 0 Å². The number of hydrogen-bond acceptors (Lipinski definition) is 2. The van der Waals surface area contributed by atoms with E-state index in [1.165, 1.54) is 38.5 Å². The van der Waals surface area contributed by atoms with Crippen LogP contribution in [-0.4, -0.2) is 14.9 Å². The van der Waals surface area contributed by atoms with Crippen molar-refractivity contribution < 1.29 is 5.11 Å². The third kappa shape index (κ3) is 1.49. The highest BCUT2D eigenvalue weighted by atomic mass is 16.3. The first-order valence-corrected chi connectivity index (χ1v) is 7.32. The van der Waals surface area contributed by atoms with Gasteiger partial charge in [-0.25, -0.2) is 0 Å². The van der Waals surface area contributed by atoms with E-state index < -0.39 is 0 Å². The van der Waals surface area contributed by atoms with Gasteiger partial charge in [0, 0.05) is 18.7 Å². The Labute approximate surface area is 108 Å². The van der Waals surface area contributed by atoms with Crippen LogP contribution < -0.4 is 0 Å². The van der Waals surface area contributed by atoms with Gasteiger partial charge in [-0.05, 0) is 62.3 Å². The average molecular weight is 246 g/mol. The SMILES string of the molecule is Cn1ccc(C(O)C23CC4CC(CC(C4)C2)C3)n1. The van der Waals surface area contributed by atoms with E-state index in [4.69, 9.17) is 0 Å². The van der Waals surface area contributed by atoms with E-state index in [0.717, 1.165) is 23.4 Å². The Bertz CT molecular complexity index is 430. The molecular formula is C15H22N2O. The maximum atomic E-state index is 10.8. The van der Waals surface area contributed by atoms with Gasteiger partial charge in [-0.15, -0.1) is 0 Å². The van der Waals surface area contributed by atoms with E-state index in [9.17, 15) is 5.11 Å². The second kappa shape index (κ2) is 3.60. The maximum Gasteiger partial charge on any atom is 0.103 e. The van der Waals surface area contributed by atoms with Crippen LogP contribution in [0.15, 0.2) is 12.3 Å². The third-order valence-electron chi connectivity index (χ3n) is 5.68. The van der Waals surface area contributed by atoms with Crippen molar-refractivity contribution in [3.63, 3.8) is 0 Å². The summed E-state index contributed by atoms with van der Waals surface area (Å²) >= 11 is 0. The molecule has 4 aliphatic carbocycles. The molecule has 1 N–H and O–H groups in total. The summed E-state index contributed by atoms with van der Waals surface area (Å²) in [6.45, 7) is 0. The molecule has 1 aromatic rings. The van der Waals surface area contributed by atoms with E-state index in [2.05, 4.69) is 5.10 Å². The minimum Gasteiger partial charge on any atom is -0.386 e. The molecule has 4 bridgehead atoms. The van der Waals surface area contributed by atoms with Gasteiger partial charge in [0.15, 0.2) is 0 Å². The summed E-state index contributed by atoms with van der Waals surface area (Å²) in [6.07, 6.45) is 9.58. The summed E-state index contributed by atoms with van der Waals surface area (Å²) < 4.78 is 1.80. The molecule has 18 heavy (non-hydrogen) atoms. The standard InChI is InChI=1S/C15H22N2O/c1-17-3-2-13(16-17)14(18)15-7-10-4-11(8-15)6-12(5-10)9-15/h2-3,10-12,14,18H,4-9H2,1H3. The quantitative estimate of drug-likeness (QED) is 0.871. The fourth-order valence-corrected chi connectivity index (χ4v) is 5.41. The van der Waals surface area contributed by atoms with Crippen LogP contribution in [0.4, 0.5) is 0 Å². The molecule has 1 aromatic heterocycles. The van der Waals surface area contributed by atoms with Crippen LogP contribution in [0, 0.1) is 23.2 Å². The van der Waals surface area contributed by atoms with Crippen molar-refractivity contribution in [2.45, 2.75) is 44.6 Å². The third-order valence-corrected chi connectivity index (χ3v) is 5.68. The molecule has 4 fully saturated rings. The number of aliphatic hydroxyl groups is 1. The summed E-state index contributed by atoms with van der Waals surface area (Å²) in [4.78, 5) is 0. The van der Waals surface area contributed by atoms with Gasteiger partial charge in [0.05, 0.1) is 5.69 Å². The molecular weight excluding hydrogens is 224 g/mol. The van der Waals surface area contributed by atoms with Crippen molar-refractivity contribution in [3.05, 3.63) is 18.0 Å². The van der Waals surface area contributed by atoms with E-state index >= 15 is 0 Å². The van der Waals surface area contributed by atoms with Gasteiger partial charge in [-0.1, -0.05) is 0 Å². The Morgan fingerprint density at radius 1 is 1.22 bits per heavy atom. The molecule has 0 aliphatic heterocycles. The van der Waals surface area contributed by atoms with E-state index in [1.54, 1.807) is 4.68 Å².